The summed E-state index contributed by atoms with van der Waals surface area (Å²) in [6.45, 7) is 5.84. The van der Waals surface area contributed by atoms with Gasteiger partial charge in [-0.25, -0.2) is 9.97 Å². The quantitative estimate of drug-likeness (QED) is 0.886. The molecule has 0 amide bonds. The second-order valence-corrected chi connectivity index (χ2v) is 5.53. The molecule has 2 rings (SSSR count). The third-order valence-electron chi connectivity index (χ3n) is 2.53. The van der Waals surface area contributed by atoms with Crippen molar-refractivity contribution in [2.45, 2.75) is 32.5 Å². The summed E-state index contributed by atoms with van der Waals surface area (Å²) in [5, 5.41) is 3.36. The Labute approximate surface area is 107 Å². The second-order valence-electron chi connectivity index (χ2n) is 4.38. The minimum absolute atomic E-state index is 0.0627. The molecule has 1 atom stereocenters. The van der Waals surface area contributed by atoms with Crippen LogP contribution in [0.15, 0.2) is 12.3 Å². The fraction of sp³-hybridized carbons (Fsp3) is 0.667. The van der Waals surface area contributed by atoms with Crippen LogP contribution in [0.5, 0.6) is 0 Å². The Balaban J connectivity index is 2.00. The van der Waals surface area contributed by atoms with Crippen LogP contribution in [0.2, 0.25) is 0 Å². The van der Waals surface area contributed by atoms with E-state index in [2.05, 4.69) is 29.1 Å². The maximum absolute atomic E-state index is 5.68. The van der Waals surface area contributed by atoms with Crippen LogP contribution < -0.4 is 5.32 Å². The van der Waals surface area contributed by atoms with Crippen molar-refractivity contribution in [1.82, 2.24) is 15.3 Å². The predicted octanol–water partition coefficient (Wildman–Crippen LogP) is 1.78. The number of hydrogen-bond donors (Lipinski definition) is 1. The molecule has 1 aromatic heterocycles. The van der Waals surface area contributed by atoms with Gasteiger partial charge in [-0.2, -0.15) is 11.8 Å². The van der Waals surface area contributed by atoms with Gasteiger partial charge in [-0.3, -0.25) is 0 Å². The Morgan fingerprint density at radius 2 is 2.47 bits per heavy atom. The van der Waals surface area contributed by atoms with E-state index in [9.17, 15) is 0 Å². The molecule has 2 heterocycles. The highest BCUT2D eigenvalue weighted by Gasteiger charge is 2.19. The summed E-state index contributed by atoms with van der Waals surface area (Å²) in [4.78, 5) is 8.87. The number of hydrogen-bond acceptors (Lipinski definition) is 5. The minimum Gasteiger partial charge on any atom is -0.368 e. The van der Waals surface area contributed by atoms with E-state index in [1.165, 1.54) is 0 Å². The summed E-state index contributed by atoms with van der Waals surface area (Å²) >= 11 is 1.90. The van der Waals surface area contributed by atoms with Crippen molar-refractivity contribution in [2.24, 2.45) is 0 Å². The Morgan fingerprint density at radius 1 is 1.59 bits per heavy atom. The molecule has 0 aromatic carbocycles. The number of thioether (sulfide) groups is 1. The van der Waals surface area contributed by atoms with Gasteiger partial charge in [-0.05, 0) is 6.07 Å². The Kier molecular flexibility index (Phi) is 4.76. The molecule has 1 saturated heterocycles. The molecule has 0 radical (unpaired) electrons. The molecule has 0 bridgehead atoms. The third kappa shape index (κ3) is 3.94. The van der Waals surface area contributed by atoms with Gasteiger partial charge in [-0.1, -0.05) is 13.8 Å². The largest absolute Gasteiger partial charge is 0.368 e. The van der Waals surface area contributed by atoms with Crippen LogP contribution in [-0.2, 0) is 11.3 Å². The van der Waals surface area contributed by atoms with E-state index in [4.69, 9.17) is 4.74 Å². The van der Waals surface area contributed by atoms with Crippen LogP contribution in [0.4, 0.5) is 0 Å². The zero-order valence-electron chi connectivity index (χ0n) is 10.3. The first-order chi connectivity index (χ1) is 8.25. The Hall–Kier alpha value is -0.650. The number of nitrogens with zero attached hydrogens (tertiary/aromatic N) is 2. The normalized spacial score (nSPS) is 20.8. The molecular formula is C12H19N3OS. The summed E-state index contributed by atoms with van der Waals surface area (Å²) in [6.07, 6.45) is 1.88. The molecule has 4 nitrogen and oxygen atoms in total. The maximum Gasteiger partial charge on any atom is 0.158 e. The molecule has 1 aromatic rings. The molecule has 0 saturated carbocycles. The van der Waals surface area contributed by atoms with Crippen LogP contribution in [0.1, 0.15) is 31.5 Å². The molecule has 1 unspecified atom stereocenters. The summed E-state index contributed by atoms with van der Waals surface area (Å²) in [5.41, 5.74) is 1.03. The number of aromatic nitrogens is 2. The number of rotatable bonds is 4. The zero-order chi connectivity index (χ0) is 12.1. The molecule has 1 aliphatic heterocycles. The fourth-order valence-electron chi connectivity index (χ4n) is 1.61. The standard InChI is InChI=1S/C12H19N3OS/c1-9(2)14-7-10-3-4-13-12(15-10)11-8-17-6-5-16-11/h3-4,9,11,14H,5-8H2,1-2H3. The van der Waals surface area contributed by atoms with E-state index < -0.39 is 0 Å². The summed E-state index contributed by atoms with van der Waals surface area (Å²) in [7, 11) is 0. The van der Waals surface area contributed by atoms with Crippen molar-refractivity contribution in [1.29, 1.82) is 0 Å². The number of nitrogens with one attached hydrogen (secondary N) is 1. The van der Waals surface area contributed by atoms with Crippen molar-refractivity contribution < 1.29 is 4.74 Å². The van der Waals surface area contributed by atoms with E-state index in [-0.39, 0.29) is 6.10 Å². The molecular weight excluding hydrogens is 234 g/mol. The first kappa shape index (κ1) is 12.8. The number of ether oxygens (including phenoxy) is 1. The van der Waals surface area contributed by atoms with Gasteiger partial charge in [0.25, 0.3) is 0 Å². The van der Waals surface area contributed by atoms with Gasteiger partial charge in [-0.15, -0.1) is 0 Å². The van der Waals surface area contributed by atoms with Crippen molar-refractivity contribution in [3.63, 3.8) is 0 Å². The first-order valence-electron chi connectivity index (χ1n) is 6.00. The van der Waals surface area contributed by atoms with Gasteiger partial charge >= 0.3 is 0 Å². The Morgan fingerprint density at radius 3 is 3.18 bits per heavy atom. The maximum atomic E-state index is 5.68. The van der Waals surface area contributed by atoms with Gasteiger partial charge in [0.1, 0.15) is 6.10 Å². The SMILES string of the molecule is CC(C)NCc1ccnc(C2CSCCO2)n1. The highest BCUT2D eigenvalue weighted by atomic mass is 32.2. The zero-order valence-corrected chi connectivity index (χ0v) is 11.2. The van der Waals surface area contributed by atoms with E-state index in [1.807, 2.05) is 24.0 Å². The van der Waals surface area contributed by atoms with Crippen LogP contribution in [-0.4, -0.2) is 34.1 Å². The van der Waals surface area contributed by atoms with Crippen molar-refractivity contribution in [3.05, 3.63) is 23.8 Å². The van der Waals surface area contributed by atoms with Crippen LogP contribution in [0.25, 0.3) is 0 Å². The Bertz CT molecular complexity index is 353. The van der Waals surface area contributed by atoms with Crippen LogP contribution >= 0.6 is 11.8 Å². The first-order valence-corrected chi connectivity index (χ1v) is 7.15. The lowest BCUT2D eigenvalue weighted by molar-refractivity contribution is 0.0692. The second kappa shape index (κ2) is 6.33. The van der Waals surface area contributed by atoms with Gasteiger partial charge in [0.05, 0.1) is 12.3 Å². The molecule has 5 heteroatoms. The minimum atomic E-state index is 0.0627. The topological polar surface area (TPSA) is 47.0 Å². The lowest BCUT2D eigenvalue weighted by Crippen LogP contribution is -2.23. The van der Waals surface area contributed by atoms with Crippen molar-refractivity contribution in [3.8, 4) is 0 Å². The van der Waals surface area contributed by atoms with Crippen molar-refractivity contribution >= 4 is 11.8 Å². The molecule has 17 heavy (non-hydrogen) atoms. The summed E-state index contributed by atoms with van der Waals surface area (Å²) in [5.74, 6) is 2.85. The monoisotopic (exact) mass is 253 g/mol. The average molecular weight is 253 g/mol. The van der Waals surface area contributed by atoms with Gasteiger partial charge in [0.2, 0.25) is 0 Å². The average Bonchev–Trinajstić information content (AvgIpc) is 2.38. The van der Waals surface area contributed by atoms with E-state index in [0.717, 1.165) is 36.2 Å². The molecule has 1 aliphatic rings. The lowest BCUT2D eigenvalue weighted by Gasteiger charge is -2.21. The summed E-state index contributed by atoms with van der Waals surface area (Å²) < 4.78 is 5.68. The highest BCUT2D eigenvalue weighted by molar-refractivity contribution is 7.99. The summed E-state index contributed by atoms with van der Waals surface area (Å²) in [6, 6.07) is 2.42. The predicted molar refractivity (Wildman–Crippen MR) is 70.0 cm³/mol. The van der Waals surface area contributed by atoms with Crippen molar-refractivity contribution in [2.75, 3.05) is 18.1 Å². The van der Waals surface area contributed by atoms with Crippen LogP contribution in [0.3, 0.4) is 0 Å². The van der Waals surface area contributed by atoms with Crippen LogP contribution in [0, 0.1) is 0 Å². The third-order valence-corrected chi connectivity index (χ3v) is 3.52. The van der Waals surface area contributed by atoms with E-state index in [0.29, 0.717) is 6.04 Å². The van der Waals surface area contributed by atoms with Gasteiger partial charge in [0.15, 0.2) is 5.82 Å². The van der Waals surface area contributed by atoms with E-state index >= 15 is 0 Å². The van der Waals surface area contributed by atoms with E-state index in [1.54, 1.807) is 0 Å². The molecule has 0 spiro atoms. The highest BCUT2D eigenvalue weighted by Crippen LogP contribution is 2.23. The molecule has 1 fully saturated rings. The lowest BCUT2D eigenvalue weighted by atomic mass is 10.3. The fourth-order valence-corrected chi connectivity index (χ4v) is 2.45. The smallest absolute Gasteiger partial charge is 0.158 e. The molecule has 94 valence electrons. The van der Waals surface area contributed by atoms with Gasteiger partial charge in [0, 0.05) is 30.3 Å². The molecule has 0 aliphatic carbocycles. The molecule has 1 N–H and O–H groups in total. The van der Waals surface area contributed by atoms with Gasteiger partial charge < -0.3 is 10.1 Å².